The van der Waals surface area contributed by atoms with Gasteiger partial charge < -0.3 is 9.47 Å². The monoisotopic (exact) mass is 341 g/mol. The van der Waals surface area contributed by atoms with Gasteiger partial charge in [0.1, 0.15) is 15.7 Å². The molecule has 0 aliphatic carbocycles. The molecular formula is C14H15NO5S2. The van der Waals surface area contributed by atoms with Gasteiger partial charge in [-0.25, -0.2) is 13.1 Å². The van der Waals surface area contributed by atoms with Crippen molar-refractivity contribution in [3.8, 4) is 11.5 Å². The van der Waals surface area contributed by atoms with E-state index in [0.29, 0.717) is 11.5 Å². The van der Waals surface area contributed by atoms with Gasteiger partial charge >= 0.3 is 0 Å². The molecule has 118 valence electrons. The van der Waals surface area contributed by atoms with E-state index in [1.54, 1.807) is 44.4 Å². The minimum Gasteiger partial charge on any atom is -0.497 e. The van der Waals surface area contributed by atoms with E-state index >= 15 is 0 Å². The summed E-state index contributed by atoms with van der Waals surface area (Å²) in [6.45, 7) is 1.40. The highest BCUT2D eigenvalue weighted by molar-refractivity contribution is 7.92. The van der Waals surface area contributed by atoms with E-state index in [9.17, 15) is 13.2 Å². The van der Waals surface area contributed by atoms with Gasteiger partial charge in [-0.3, -0.25) is 4.79 Å². The number of methoxy groups -OCH3 is 1. The summed E-state index contributed by atoms with van der Waals surface area (Å²) in [5, 5.41) is 0. The molecule has 2 rings (SSSR count). The van der Waals surface area contributed by atoms with Gasteiger partial charge in [-0.1, -0.05) is 0 Å². The molecule has 1 aromatic heterocycles. The smallest absolute Gasteiger partial charge is 0.273 e. The Morgan fingerprint density at radius 1 is 1.14 bits per heavy atom. The fourth-order valence-corrected chi connectivity index (χ4v) is 3.86. The predicted molar refractivity (Wildman–Crippen MR) is 82.9 cm³/mol. The lowest BCUT2D eigenvalue weighted by molar-refractivity contribution is -0.121. The van der Waals surface area contributed by atoms with Gasteiger partial charge in [-0.05, 0) is 43.3 Å². The van der Waals surface area contributed by atoms with Crippen LogP contribution in [0.15, 0.2) is 40.6 Å². The molecule has 6 nitrogen and oxygen atoms in total. The summed E-state index contributed by atoms with van der Waals surface area (Å²) < 4.78 is 36.2. The molecular weight excluding hydrogens is 326 g/mol. The molecule has 0 unspecified atom stereocenters. The number of hydrogen-bond donors (Lipinski definition) is 1. The van der Waals surface area contributed by atoms with Crippen LogP contribution < -0.4 is 14.2 Å². The van der Waals surface area contributed by atoms with Crippen molar-refractivity contribution in [2.24, 2.45) is 0 Å². The summed E-state index contributed by atoms with van der Waals surface area (Å²) in [6, 6.07) is 9.75. The van der Waals surface area contributed by atoms with E-state index in [-0.39, 0.29) is 4.21 Å². The second-order valence-electron chi connectivity index (χ2n) is 4.36. The molecule has 8 heteroatoms. The molecule has 0 fully saturated rings. The molecule has 0 spiro atoms. The molecule has 0 aliphatic rings. The van der Waals surface area contributed by atoms with Gasteiger partial charge in [-0.2, -0.15) is 0 Å². The maximum Gasteiger partial charge on any atom is 0.273 e. The number of benzene rings is 1. The third kappa shape index (κ3) is 4.22. The zero-order chi connectivity index (χ0) is 16.2. The molecule has 0 aliphatic heterocycles. The first-order chi connectivity index (χ1) is 10.4. The lowest BCUT2D eigenvalue weighted by Crippen LogP contribution is -2.34. The molecule has 0 atom stereocenters. The third-order valence-electron chi connectivity index (χ3n) is 2.66. The highest BCUT2D eigenvalue weighted by atomic mass is 32.2. The molecule has 1 aromatic carbocycles. The van der Waals surface area contributed by atoms with Crippen LogP contribution in [0.2, 0.25) is 0 Å². The number of hydrogen-bond acceptors (Lipinski definition) is 6. The topological polar surface area (TPSA) is 81.7 Å². The highest BCUT2D eigenvalue weighted by Gasteiger charge is 2.19. The number of amides is 1. The molecule has 2 aromatic rings. The largest absolute Gasteiger partial charge is 0.497 e. The Morgan fingerprint density at radius 3 is 2.32 bits per heavy atom. The molecule has 0 bridgehead atoms. The average molecular weight is 341 g/mol. The minimum atomic E-state index is -3.83. The van der Waals surface area contributed by atoms with E-state index in [0.717, 1.165) is 16.2 Å². The number of sulfonamides is 1. The van der Waals surface area contributed by atoms with Gasteiger partial charge in [0.15, 0.2) is 6.61 Å². The first-order valence-corrected chi connectivity index (χ1v) is 8.59. The lowest BCUT2D eigenvalue weighted by Gasteiger charge is -2.08. The first kappa shape index (κ1) is 16.3. The van der Waals surface area contributed by atoms with Crippen molar-refractivity contribution in [1.82, 2.24) is 4.72 Å². The zero-order valence-corrected chi connectivity index (χ0v) is 13.7. The van der Waals surface area contributed by atoms with Gasteiger partial charge in [-0.15, -0.1) is 11.3 Å². The van der Waals surface area contributed by atoms with E-state index in [4.69, 9.17) is 9.47 Å². The molecule has 0 saturated heterocycles. The first-order valence-electron chi connectivity index (χ1n) is 6.29. The average Bonchev–Trinajstić information content (AvgIpc) is 2.93. The van der Waals surface area contributed by atoms with Crippen molar-refractivity contribution in [1.29, 1.82) is 0 Å². The molecule has 0 radical (unpaired) electrons. The van der Waals surface area contributed by atoms with Crippen LogP contribution in [0.4, 0.5) is 0 Å². The van der Waals surface area contributed by atoms with Gasteiger partial charge in [0.25, 0.3) is 15.9 Å². The highest BCUT2D eigenvalue weighted by Crippen LogP contribution is 2.20. The van der Waals surface area contributed by atoms with Crippen molar-refractivity contribution in [3.05, 3.63) is 41.3 Å². The third-order valence-corrected chi connectivity index (χ3v) is 5.52. The SMILES string of the molecule is COc1ccc(OCC(=O)NS(=O)(=O)c2ccc(C)s2)cc1. The fraction of sp³-hybridized carbons (Fsp3) is 0.214. The summed E-state index contributed by atoms with van der Waals surface area (Å²) in [4.78, 5) is 12.5. The summed E-state index contributed by atoms with van der Waals surface area (Å²) in [6.07, 6.45) is 0. The number of aryl methyl sites for hydroxylation is 1. The summed E-state index contributed by atoms with van der Waals surface area (Å²) >= 11 is 1.10. The molecule has 1 heterocycles. The Labute approximate surface area is 132 Å². The molecule has 22 heavy (non-hydrogen) atoms. The quantitative estimate of drug-likeness (QED) is 0.868. The van der Waals surface area contributed by atoms with Crippen molar-refractivity contribution >= 4 is 27.3 Å². The van der Waals surface area contributed by atoms with Crippen molar-refractivity contribution in [3.63, 3.8) is 0 Å². The van der Waals surface area contributed by atoms with E-state index in [1.807, 2.05) is 4.72 Å². The summed E-state index contributed by atoms with van der Waals surface area (Å²) in [5.41, 5.74) is 0. The van der Waals surface area contributed by atoms with Crippen LogP contribution in [-0.2, 0) is 14.8 Å². The van der Waals surface area contributed by atoms with Gasteiger partial charge in [0.05, 0.1) is 7.11 Å². The van der Waals surface area contributed by atoms with Crippen LogP contribution in [0.3, 0.4) is 0 Å². The Morgan fingerprint density at radius 2 is 1.77 bits per heavy atom. The van der Waals surface area contributed by atoms with Crippen LogP contribution in [0.5, 0.6) is 11.5 Å². The molecule has 0 saturated carbocycles. The lowest BCUT2D eigenvalue weighted by atomic mass is 10.3. The van der Waals surface area contributed by atoms with Crippen LogP contribution in [0.1, 0.15) is 4.88 Å². The second-order valence-corrected chi connectivity index (χ2v) is 7.56. The zero-order valence-electron chi connectivity index (χ0n) is 12.0. The fourth-order valence-electron chi connectivity index (χ4n) is 1.61. The van der Waals surface area contributed by atoms with Crippen molar-refractivity contribution in [2.45, 2.75) is 11.1 Å². The Kier molecular flexibility index (Phi) is 5.04. The van der Waals surface area contributed by atoms with E-state index < -0.39 is 22.5 Å². The van der Waals surface area contributed by atoms with Crippen LogP contribution in [0, 0.1) is 6.92 Å². The minimum absolute atomic E-state index is 0.0998. The number of rotatable bonds is 6. The summed E-state index contributed by atoms with van der Waals surface area (Å²) in [7, 11) is -2.29. The van der Waals surface area contributed by atoms with Crippen LogP contribution in [-0.4, -0.2) is 28.0 Å². The number of carbonyl (C=O) groups excluding carboxylic acids is 1. The predicted octanol–water partition coefficient (Wildman–Crippen LogP) is 1.95. The summed E-state index contributed by atoms with van der Waals surface area (Å²) in [5.74, 6) is 0.370. The second kappa shape index (κ2) is 6.80. The number of thiophene rings is 1. The standard InChI is InChI=1S/C14H15NO5S2/c1-10-3-8-14(21-10)22(17,18)15-13(16)9-20-12-6-4-11(19-2)5-7-12/h3-8H,9H2,1-2H3,(H,15,16). The Bertz CT molecular complexity index is 750. The molecule has 1 N–H and O–H groups in total. The Balaban J connectivity index is 1.92. The Hall–Kier alpha value is -2.06. The maximum atomic E-state index is 12.0. The maximum absolute atomic E-state index is 12.0. The number of nitrogens with one attached hydrogen (secondary N) is 1. The van der Waals surface area contributed by atoms with Gasteiger partial charge in [0, 0.05) is 4.88 Å². The number of ether oxygens (including phenoxy) is 2. The normalized spacial score (nSPS) is 11.0. The van der Waals surface area contributed by atoms with Gasteiger partial charge in [0.2, 0.25) is 0 Å². The van der Waals surface area contributed by atoms with E-state index in [1.165, 1.54) is 6.07 Å². The van der Waals surface area contributed by atoms with Crippen LogP contribution >= 0.6 is 11.3 Å². The van der Waals surface area contributed by atoms with Crippen LogP contribution in [0.25, 0.3) is 0 Å². The van der Waals surface area contributed by atoms with Crippen molar-refractivity contribution in [2.75, 3.05) is 13.7 Å². The molecule has 1 amide bonds. The van der Waals surface area contributed by atoms with E-state index in [2.05, 4.69) is 0 Å². The van der Waals surface area contributed by atoms with Crippen molar-refractivity contribution < 1.29 is 22.7 Å². The number of carbonyl (C=O) groups is 1.